The molecule has 3 nitrogen and oxygen atoms in total. The standard InChI is InChI=1S/C5H9O3/c6-3-5-4(7)1-2-8-5/h2,4-7H,1,3H2/t4-,5-/m1/s1. The van der Waals surface area contributed by atoms with E-state index >= 15 is 0 Å². The minimum absolute atomic E-state index is 0.0995. The Morgan fingerprint density at radius 3 is 2.75 bits per heavy atom. The zero-order valence-corrected chi connectivity index (χ0v) is 4.45. The quantitative estimate of drug-likeness (QED) is 0.477. The fraction of sp³-hybridized carbons (Fsp3) is 0.800. The van der Waals surface area contributed by atoms with Crippen LogP contribution in [0.25, 0.3) is 0 Å². The van der Waals surface area contributed by atoms with Gasteiger partial charge in [-0.15, -0.1) is 0 Å². The molecule has 0 aromatic rings. The number of aliphatic hydroxyl groups excluding tert-OH is 2. The maximum atomic E-state index is 8.87. The monoisotopic (exact) mass is 117 g/mol. The summed E-state index contributed by atoms with van der Waals surface area (Å²) in [6.45, 7) is 1.42. The molecule has 47 valence electrons. The SMILES string of the molecule is OC[C@H]1O[CH]C[C@H]1O. The molecular formula is C5H9O3. The first kappa shape index (κ1) is 6.01. The summed E-state index contributed by atoms with van der Waals surface area (Å²) in [7, 11) is 0. The van der Waals surface area contributed by atoms with Gasteiger partial charge < -0.3 is 14.9 Å². The van der Waals surface area contributed by atoms with Crippen molar-refractivity contribution in [1.29, 1.82) is 0 Å². The normalized spacial score (nSPS) is 38.2. The van der Waals surface area contributed by atoms with Gasteiger partial charge in [0.05, 0.1) is 19.3 Å². The summed E-state index contributed by atoms with van der Waals surface area (Å²) in [5.41, 5.74) is 0. The van der Waals surface area contributed by atoms with E-state index in [4.69, 9.17) is 14.9 Å². The summed E-state index contributed by atoms with van der Waals surface area (Å²) in [6.07, 6.45) is -0.347. The Labute approximate surface area is 47.9 Å². The van der Waals surface area contributed by atoms with E-state index in [1.54, 1.807) is 0 Å². The van der Waals surface area contributed by atoms with Crippen LogP contribution in [0, 0.1) is 6.61 Å². The summed E-state index contributed by atoms with van der Waals surface area (Å²) >= 11 is 0. The van der Waals surface area contributed by atoms with Gasteiger partial charge in [-0.05, 0) is 0 Å². The van der Waals surface area contributed by atoms with Crippen molar-refractivity contribution < 1.29 is 14.9 Å². The molecule has 1 radical (unpaired) electrons. The van der Waals surface area contributed by atoms with E-state index < -0.39 is 6.10 Å². The summed E-state index contributed by atoms with van der Waals surface area (Å²) in [4.78, 5) is 0. The van der Waals surface area contributed by atoms with Crippen molar-refractivity contribution in [3.8, 4) is 0 Å². The second-order valence-corrected chi connectivity index (χ2v) is 1.83. The van der Waals surface area contributed by atoms with Gasteiger partial charge >= 0.3 is 0 Å². The lowest BCUT2D eigenvalue weighted by molar-refractivity contribution is 0.0169. The number of hydrogen-bond donors (Lipinski definition) is 2. The van der Waals surface area contributed by atoms with Crippen LogP contribution in [0.4, 0.5) is 0 Å². The fourth-order valence-corrected chi connectivity index (χ4v) is 0.685. The van der Waals surface area contributed by atoms with Gasteiger partial charge in [-0.2, -0.15) is 0 Å². The van der Waals surface area contributed by atoms with Crippen LogP contribution >= 0.6 is 0 Å². The molecule has 8 heavy (non-hydrogen) atoms. The Balaban J connectivity index is 2.30. The molecule has 0 unspecified atom stereocenters. The second-order valence-electron chi connectivity index (χ2n) is 1.83. The molecule has 3 heteroatoms. The molecule has 0 amide bonds. The molecule has 1 fully saturated rings. The van der Waals surface area contributed by atoms with Crippen molar-refractivity contribution in [2.24, 2.45) is 0 Å². The molecule has 0 aliphatic carbocycles. The smallest absolute Gasteiger partial charge is 0.107 e. The minimum atomic E-state index is -0.500. The topological polar surface area (TPSA) is 49.7 Å². The van der Waals surface area contributed by atoms with E-state index in [0.29, 0.717) is 6.42 Å². The van der Waals surface area contributed by atoms with Crippen LogP contribution in [0.1, 0.15) is 6.42 Å². The molecule has 1 rings (SSSR count). The Morgan fingerprint density at radius 2 is 2.50 bits per heavy atom. The highest BCUT2D eigenvalue weighted by Crippen LogP contribution is 2.15. The van der Waals surface area contributed by atoms with Gasteiger partial charge in [-0.3, -0.25) is 0 Å². The highest BCUT2D eigenvalue weighted by atomic mass is 16.5. The first-order chi connectivity index (χ1) is 3.84. The summed E-state index contributed by atoms with van der Waals surface area (Å²) < 4.78 is 4.79. The molecule has 0 saturated carbocycles. The summed E-state index contributed by atoms with van der Waals surface area (Å²) in [6, 6.07) is 0. The predicted molar refractivity (Wildman–Crippen MR) is 26.9 cm³/mol. The van der Waals surface area contributed by atoms with Crippen LogP contribution in [0.3, 0.4) is 0 Å². The lowest BCUT2D eigenvalue weighted by atomic mass is 10.2. The highest BCUT2D eigenvalue weighted by Gasteiger charge is 2.25. The molecule has 0 aromatic carbocycles. The van der Waals surface area contributed by atoms with Crippen LogP contribution in [0.5, 0.6) is 0 Å². The average Bonchev–Trinajstić information content (AvgIpc) is 2.14. The van der Waals surface area contributed by atoms with Crippen molar-refractivity contribution in [3.63, 3.8) is 0 Å². The lowest BCUT2D eigenvalue weighted by Gasteiger charge is -2.07. The maximum Gasteiger partial charge on any atom is 0.107 e. The zero-order chi connectivity index (χ0) is 5.98. The molecule has 1 aliphatic heterocycles. The van der Waals surface area contributed by atoms with E-state index in [1.807, 2.05) is 0 Å². The minimum Gasteiger partial charge on any atom is -0.394 e. The Bertz CT molecular complexity index is 74.1. The van der Waals surface area contributed by atoms with Crippen LogP contribution in [0.15, 0.2) is 0 Å². The second kappa shape index (κ2) is 2.44. The first-order valence-electron chi connectivity index (χ1n) is 2.60. The average molecular weight is 117 g/mol. The summed E-state index contributed by atoms with van der Waals surface area (Å²) in [5.74, 6) is 0. The van der Waals surface area contributed by atoms with Gasteiger partial charge in [-0.25, -0.2) is 0 Å². The lowest BCUT2D eigenvalue weighted by Crippen LogP contribution is -2.24. The van der Waals surface area contributed by atoms with Crippen molar-refractivity contribution in [2.45, 2.75) is 18.6 Å². The van der Waals surface area contributed by atoms with E-state index in [9.17, 15) is 0 Å². The van der Waals surface area contributed by atoms with Crippen molar-refractivity contribution in [1.82, 2.24) is 0 Å². The predicted octanol–water partition coefficient (Wildman–Crippen LogP) is -0.710. The third-order valence-corrected chi connectivity index (χ3v) is 1.22. The molecule has 0 aromatic heterocycles. The van der Waals surface area contributed by atoms with Crippen molar-refractivity contribution in [2.75, 3.05) is 6.61 Å². The van der Waals surface area contributed by atoms with Crippen LogP contribution in [0.2, 0.25) is 0 Å². The van der Waals surface area contributed by atoms with Gasteiger partial charge in [0, 0.05) is 6.42 Å². The Hall–Kier alpha value is -0.120. The van der Waals surface area contributed by atoms with Gasteiger partial charge in [0.15, 0.2) is 0 Å². The maximum absolute atomic E-state index is 8.87. The molecule has 0 spiro atoms. The molecule has 1 saturated heterocycles. The van der Waals surface area contributed by atoms with E-state index in [1.165, 1.54) is 6.61 Å². The van der Waals surface area contributed by atoms with E-state index in [2.05, 4.69) is 0 Å². The molecule has 1 aliphatic rings. The van der Waals surface area contributed by atoms with Gasteiger partial charge in [0.25, 0.3) is 0 Å². The number of aliphatic hydroxyl groups is 2. The number of hydrogen-bond acceptors (Lipinski definition) is 3. The third-order valence-electron chi connectivity index (χ3n) is 1.22. The largest absolute Gasteiger partial charge is 0.394 e. The van der Waals surface area contributed by atoms with Crippen LogP contribution < -0.4 is 0 Å². The highest BCUT2D eigenvalue weighted by molar-refractivity contribution is 4.79. The number of ether oxygens (including phenoxy) is 1. The van der Waals surface area contributed by atoms with Crippen molar-refractivity contribution in [3.05, 3.63) is 6.61 Å². The Morgan fingerprint density at radius 1 is 1.75 bits per heavy atom. The first-order valence-corrected chi connectivity index (χ1v) is 2.60. The number of rotatable bonds is 1. The molecule has 0 bridgehead atoms. The molecular weight excluding hydrogens is 108 g/mol. The van der Waals surface area contributed by atoms with E-state index in [-0.39, 0.29) is 12.7 Å². The summed E-state index contributed by atoms with van der Waals surface area (Å²) in [5, 5.41) is 17.3. The van der Waals surface area contributed by atoms with E-state index in [0.717, 1.165) is 0 Å². The Kier molecular flexibility index (Phi) is 1.83. The van der Waals surface area contributed by atoms with Gasteiger partial charge in [0.2, 0.25) is 0 Å². The van der Waals surface area contributed by atoms with Crippen molar-refractivity contribution >= 4 is 0 Å². The van der Waals surface area contributed by atoms with Gasteiger partial charge in [-0.1, -0.05) is 0 Å². The van der Waals surface area contributed by atoms with Crippen LogP contribution in [-0.2, 0) is 4.74 Å². The van der Waals surface area contributed by atoms with Gasteiger partial charge in [0.1, 0.15) is 6.10 Å². The zero-order valence-electron chi connectivity index (χ0n) is 4.45. The molecule has 1 heterocycles. The molecule has 2 N–H and O–H groups in total. The third kappa shape index (κ3) is 0.992. The van der Waals surface area contributed by atoms with Crippen LogP contribution in [-0.4, -0.2) is 29.0 Å². The fourth-order valence-electron chi connectivity index (χ4n) is 0.685. The molecule has 2 atom stereocenters.